The third-order valence-electron chi connectivity index (χ3n) is 4.79. The van der Waals surface area contributed by atoms with Gasteiger partial charge in [0, 0.05) is 16.3 Å². The standard InChI is InChI=1S/C21H18F4O4/c1-20(2,22)9-15(19(27)28)18(21(23,24)25)12-4-5-13-14-7-11(10-26)3-6-16(14)29-17(13)8-12/h3-8,10,15,18H,9H2,1-2H3,(H,27,28)/t15-,18+/m0/s1. The molecule has 0 fully saturated rings. The zero-order valence-electron chi connectivity index (χ0n) is 15.6. The molecule has 1 N–H and O–H groups in total. The van der Waals surface area contributed by atoms with Gasteiger partial charge in [0.15, 0.2) is 0 Å². The van der Waals surface area contributed by atoms with Gasteiger partial charge in [-0.3, -0.25) is 9.59 Å². The van der Waals surface area contributed by atoms with Crippen LogP contribution in [0.2, 0.25) is 0 Å². The van der Waals surface area contributed by atoms with Gasteiger partial charge < -0.3 is 9.52 Å². The Labute approximate surface area is 163 Å². The molecule has 0 amide bonds. The second-order valence-corrected chi connectivity index (χ2v) is 7.62. The third kappa shape index (κ3) is 4.26. The zero-order valence-corrected chi connectivity index (χ0v) is 15.6. The number of carbonyl (C=O) groups is 2. The monoisotopic (exact) mass is 410 g/mol. The van der Waals surface area contributed by atoms with Gasteiger partial charge in [-0.2, -0.15) is 13.2 Å². The van der Waals surface area contributed by atoms with Gasteiger partial charge in [0.1, 0.15) is 23.1 Å². The summed E-state index contributed by atoms with van der Waals surface area (Å²) in [6.45, 7) is 2.09. The van der Waals surface area contributed by atoms with Crippen LogP contribution < -0.4 is 0 Å². The van der Waals surface area contributed by atoms with Gasteiger partial charge in [-0.15, -0.1) is 0 Å². The van der Waals surface area contributed by atoms with Crippen LogP contribution in [0.4, 0.5) is 17.6 Å². The normalized spacial score (nSPS) is 14.8. The first-order valence-electron chi connectivity index (χ1n) is 8.80. The Balaban J connectivity index is 2.16. The topological polar surface area (TPSA) is 67.5 Å². The van der Waals surface area contributed by atoms with Crippen LogP contribution in [-0.2, 0) is 4.79 Å². The van der Waals surface area contributed by atoms with Gasteiger partial charge in [-0.25, -0.2) is 4.39 Å². The number of alkyl halides is 4. The number of carbonyl (C=O) groups excluding carboxylic acids is 1. The molecule has 0 aliphatic heterocycles. The van der Waals surface area contributed by atoms with E-state index in [-0.39, 0.29) is 11.1 Å². The number of rotatable bonds is 6. The first kappa shape index (κ1) is 20.8. The zero-order chi connectivity index (χ0) is 21.6. The van der Waals surface area contributed by atoms with Crippen LogP contribution in [0.15, 0.2) is 40.8 Å². The lowest BCUT2D eigenvalue weighted by Crippen LogP contribution is -2.36. The lowest BCUT2D eigenvalue weighted by atomic mass is 9.79. The van der Waals surface area contributed by atoms with E-state index in [0.29, 0.717) is 28.2 Å². The van der Waals surface area contributed by atoms with Crippen LogP contribution in [0.1, 0.15) is 42.1 Å². The molecule has 8 heteroatoms. The van der Waals surface area contributed by atoms with E-state index >= 15 is 0 Å². The fourth-order valence-corrected chi connectivity index (χ4v) is 3.60. The fraction of sp³-hybridized carbons (Fsp3) is 0.333. The highest BCUT2D eigenvalue weighted by molar-refractivity contribution is 6.06. The highest BCUT2D eigenvalue weighted by Gasteiger charge is 2.50. The number of aliphatic carboxylic acids is 1. The van der Waals surface area contributed by atoms with Crippen molar-refractivity contribution in [2.45, 2.75) is 38.0 Å². The lowest BCUT2D eigenvalue weighted by Gasteiger charge is -2.29. The van der Waals surface area contributed by atoms with E-state index < -0.39 is 36.1 Å². The van der Waals surface area contributed by atoms with E-state index in [4.69, 9.17) is 4.42 Å². The molecule has 2 atom stereocenters. The molecule has 1 heterocycles. The highest BCUT2D eigenvalue weighted by Crippen LogP contribution is 2.45. The number of fused-ring (bicyclic) bond motifs is 3. The summed E-state index contributed by atoms with van der Waals surface area (Å²) < 4.78 is 61.2. The average Bonchev–Trinajstić information content (AvgIpc) is 2.95. The molecule has 0 aliphatic carbocycles. The van der Waals surface area contributed by atoms with Crippen molar-refractivity contribution in [1.29, 1.82) is 0 Å². The van der Waals surface area contributed by atoms with Crippen molar-refractivity contribution in [3.63, 3.8) is 0 Å². The number of hydrogen-bond donors (Lipinski definition) is 1. The molecular weight excluding hydrogens is 392 g/mol. The second kappa shape index (κ2) is 7.17. The number of furan rings is 1. The van der Waals surface area contributed by atoms with Crippen LogP contribution in [0.25, 0.3) is 21.9 Å². The Morgan fingerprint density at radius 3 is 2.31 bits per heavy atom. The number of carboxylic acids is 1. The van der Waals surface area contributed by atoms with Gasteiger partial charge in [0.2, 0.25) is 0 Å². The summed E-state index contributed by atoms with van der Waals surface area (Å²) in [6.07, 6.45) is -5.06. The van der Waals surface area contributed by atoms with Crippen LogP contribution in [0, 0.1) is 5.92 Å². The lowest BCUT2D eigenvalue weighted by molar-refractivity contribution is -0.178. The smallest absolute Gasteiger partial charge is 0.396 e. The summed E-state index contributed by atoms with van der Waals surface area (Å²) in [7, 11) is 0. The van der Waals surface area contributed by atoms with Crippen LogP contribution in [0.5, 0.6) is 0 Å². The maximum atomic E-state index is 14.0. The van der Waals surface area contributed by atoms with Crippen molar-refractivity contribution >= 4 is 34.2 Å². The van der Waals surface area contributed by atoms with E-state index in [2.05, 4.69) is 0 Å². The maximum Gasteiger partial charge on any atom is 0.396 e. The molecule has 4 nitrogen and oxygen atoms in total. The minimum absolute atomic E-state index is 0.124. The molecule has 0 saturated heterocycles. The molecule has 0 unspecified atom stereocenters. The summed E-state index contributed by atoms with van der Waals surface area (Å²) in [5.74, 6) is -6.13. The van der Waals surface area contributed by atoms with Crippen molar-refractivity contribution in [2.75, 3.05) is 0 Å². The molecule has 2 aromatic carbocycles. The van der Waals surface area contributed by atoms with E-state index in [9.17, 15) is 32.3 Å². The Bertz CT molecular complexity index is 1080. The Morgan fingerprint density at radius 1 is 1.07 bits per heavy atom. The summed E-state index contributed by atoms with van der Waals surface area (Å²) >= 11 is 0. The molecule has 154 valence electrons. The fourth-order valence-electron chi connectivity index (χ4n) is 3.60. The van der Waals surface area contributed by atoms with E-state index in [1.165, 1.54) is 24.3 Å². The molecule has 0 bridgehead atoms. The third-order valence-corrected chi connectivity index (χ3v) is 4.79. The Hall–Kier alpha value is -2.90. The molecule has 29 heavy (non-hydrogen) atoms. The van der Waals surface area contributed by atoms with Crippen molar-refractivity contribution in [3.05, 3.63) is 47.5 Å². The van der Waals surface area contributed by atoms with Crippen molar-refractivity contribution in [3.8, 4) is 0 Å². The maximum absolute atomic E-state index is 14.0. The molecule has 0 aliphatic rings. The minimum Gasteiger partial charge on any atom is -0.481 e. The summed E-state index contributed by atoms with van der Waals surface area (Å²) in [4.78, 5) is 22.6. The molecule has 3 aromatic rings. The van der Waals surface area contributed by atoms with Crippen molar-refractivity contribution in [1.82, 2.24) is 0 Å². The minimum atomic E-state index is -4.90. The highest BCUT2D eigenvalue weighted by atomic mass is 19.4. The van der Waals surface area contributed by atoms with Gasteiger partial charge in [0.05, 0.1) is 11.8 Å². The SMILES string of the molecule is CC(C)(F)C[C@H](C(=O)O)[C@@H](c1ccc2c(c1)oc1ccc(C=O)cc12)C(F)(F)F. The Morgan fingerprint density at radius 2 is 1.76 bits per heavy atom. The van der Waals surface area contributed by atoms with Crippen LogP contribution >= 0.6 is 0 Å². The first-order valence-corrected chi connectivity index (χ1v) is 8.80. The summed E-state index contributed by atoms with van der Waals surface area (Å²) in [6, 6.07) is 8.30. The number of carboxylic acid groups (broad SMARTS) is 1. The molecule has 0 radical (unpaired) electrons. The number of aldehydes is 1. The van der Waals surface area contributed by atoms with Crippen LogP contribution in [0.3, 0.4) is 0 Å². The summed E-state index contributed by atoms with van der Waals surface area (Å²) in [5, 5.41) is 10.4. The van der Waals surface area contributed by atoms with Gasteiger partial charge in [0.25, 0.3) is 0 Å². The van der Waals surface area contributed by atoms with Gasteiger partial charge >= 0.3 is 12.1 Å². The number of halogens is 4. The predicted molar refractivity (Wildman–Crippen MR) is 98.8 cm³/mol. The second-order valence-electron chi connectivity index (χ2n) is 7.62. The Kier molecular flexibility index (Phi) is 5.15. The predicted octanol–water partition coefficient (Wildman–Crippen LogP) is 5.88. The molecule has 1 aromatic heterocycles. The largest absolute Gasteiger partial charge is 0.481 e. The van der Waals surface area contributed by atoms with Gasteiger partial charge in [-0.1, -0.05) is 12.1 Å². The number of benzene rings is 2. The quantitative estimate of drug-likeness (QED) is 0.407. The molecule has 0 spiro atoms. The molecular formula is C21H18F4O4. The summed E-state index contributed by atoms with van der Waals surface area (Å²) in [5.41, 5.74) is -1.53. The van der Waals surface area contributed by atoms with Crippen molar-refractivity contribution in [2.24, 2.45) is 5.92 Å². The molecule has 3 rings (SSSR count). The molecule has 0 saturated carbocycles. The van der Waals surface area contributed by atoms with Crippen LogP contribution in [-0.4, -0.2) is 29.2 Å². The number of hydrogen-bond acceptors (Lipinski definition) is 3. The van der Waals surface area contributed by atoms with E-state index in [1.807, 2.05) is 0 Å². The van der Waals surface area contributed by atoms with E-state index in [1.54, 1.807) is 6.07 Å². The van der Waals surface area contributed by atoms with Gasteiger partial charge in [-0.05, 0) is 50.1 Å². The van der Waals surface area contributed by atoms with E-state index in [0.717, 1.165) is 19.9 Å². The average molecular weight is 410 g/mol. The van der Waals surface area contributed by atoms with Crippen molar-refractivity contribution < 1.29 is 36.7 Å². The first-order chi connectivity index (χ1) is 13.4.